The van der Waals surface area contributed by atoms with E-state index in [0.717, 1.165) is 15.7 Å². The van der Waals surface area contributed by atoms with Gasteiger partial charge >= 0.3 is 0 Å². The van der Waals surface area contributed by atoms with Crippen LogP contribution in [-0.2, 0) is 9.59 Å². The Balaban J connectivity index is 1.44. The number of thioether (sulfide) groups is 1. The van der Waals surface area contributed by atoms with Crippen molar-refractivity contribution in [1.29, 1.82) is 0 Å². The first-order valence-electron chi connectivity index (χ1n) is 10.1. The Morgan fingerprint density at radius 3 is 2.53 bits per heavy atom. The maximum absolute atomic E-state index is 12.9. The van der Waals surface area contributed by atoms with E-state index in [0.29, 0.717) is 26.4 Å². The van der Waals surface area contributed by atoms with Crippen LogP contribution >= 0.6 is 39.9 Å². The number of anilines is 2. The molecule has 34 heavy (non-hydrogen) atoms. The number of hydrogen-bond acceptors (Lipinski definition) is 6. The minimum Gasteiger partial charge on any atom is -0.493 e. The zero-order chi connectivity index (χ0) is 24.1. The van der Waals surface area contributed by atoms with E-state index in [1.807, 2.05) is 42.5 Å². The fourth-order valence-electron chi connectivity index (χ4n) is 3.19. The second-order valence-corrected chi connectivity index (χ2v) is 9.70. The molecule has 0 saturated carbocycles. The number of carbonyl (C=O) groups excluding carboxylic acids is 2. The van der Waals surface area contributed by atoms with Crippen molar-refractivity contribution in [2.45, 2.75) is 0 Å². The number of benzene rings is 3. The molecule has 4 rings (SSSR count). The fourth-order valence-corrected chi connectivity index (χ4v) is 4.75. The third-order valence-electron chi connectivity index (χ3n) is 4.78. The second kappa shape index (κ2) is 10.9. The standard InChI is InChI=1S/C25H19BrN2O4S2/c1-31-21-13-16(14-22-24(30)28(25(33)34-22)19-5-3-2-4-6-19)7-12-20(21)32-15-23(29)27-18-10-8-17(26)9-11-18/h2-14H,15H2,1H3,(H,27,29)/b22-14-. The smallest absolute Gasteiger partial charge is 0.270 e. The van der Waals surface area contributed by atoms with Gasteiger partial charge in [-0.15, -0.1) is 0 Å². The van der Waals surface area contributed by atoms with Crippen molar-refractivity contribution in [2.75, 3.05) is 23.9 Å². The molecule has 1 heterocycles. The molecule has 0 unspecified atom stereocenters. The summed E-state index contributed by atoms with van der Waals surface area (Å²) in [5.41, 5.74) is 2.15. The van der Waals surface area contributed by atoms with Crippen LogP contribution < -0.4 is 19.7 Å². The van der Waals surface area contributed by atoms with Crippen molar-refractivity contribution in [3.63, 3.8) is 0 Å². The van der Waals surface area contributed by atoms with E-state index in [4.69, 9.17) is 21.7 Å². The van der Waals surface area contributed by atoms with E-state index >= 15 is 0 Å². The van der Waals surface area contributed by atoms with Gasteiger partial charge in [-0.3, -0.25) is 14.5 Å². The summed E-state index contributed by atoms with van der Waals surface area (Å²) in [6.07, 6.45) is 1.76. The van der Waals surface area contributed by atoms with E-state index in [1.54, 1.807) is 36.4 Å². The topological polar surface area (TPSA) is 67.9 Å². The molecule has 1 aliphatic heterocycles. The number of ether oxygens (including phenoxy) is 2. The lowest BCUT2D eigenvalue weighted by atomic mass is 10.2. The summed E-state index contributed by atoms with van der Waals surface area (Å²) in [6, 6.07) is 21.8. The fraction of sp³-hybridized carbons (Fsp3) is 0.0800. The van der Waals surface area contributed by atoms with Gasteiger partial charge < -0.3 is 14.8 Å². The van der Waals surface area contributed by atoms with Crippen molar-refractivity contribution >= 4 is 73.5 Å². The summed E-state index contributed by atoms with van der Waals surface area (Å²) in [4.78, 5) is 27.2. The average molecular weight is 555 g/mol. The Morgan fingerprint density at radius 1 is 1.09 bits per heavy atom. The van der Waals surface area contributed by atoms with Gasteiger partial charge in [-0.2, -0.15) is 0 Å². The van der Waals surface area contributed by atoms with Crippen molar-refractivity contribution in [1.82, 2.24) is 0 Å². The zero-order valence-electron chi connectivity index (χ0n) is 18.0. The Bertz CT molecular complexity index is 1260. The van der Waals surface area contributed by atoms with Crippen LogP contribution in [0.1, 0.15) is 5.56 Å². The molecule has 0 aromatic heterocycles. The van der Waals surface area contributed by atoms with Gasteiger partial charge in [0.25, 0.3) is 11.8 Å². The molecule has 0 bridgehead atoms. The molecule has 1 aliphatic rings. The molecule has 172 valence electrons. The van der Waals surface area contributed by atoms with Crippen molar-refractivity contribution < 1.29 is 19.1 Å². The van der Waals surface area contributed by atoms with Gasteiger partial charge in [-0.1, -0.05) is 64.2 Å². The van der Waals surface area contributed by atoms with Gasteiger partial charge in [-0.05, 0) is 60.2 Å². The lowest BCUT2D eigenvalue weighted by Gasteiger charge is -2.14. The predicted octanol–water partition coefficient (Wildman–Crippen LogP) is 5.88. The first-order chi connectivity index (χ1) is 16.4. The molecule has 0 spiro atoms. The third-order valence-corrected chi connectivity index (χ3v) is 6.61. The minimum absolute atomic E-state index is 0.176. The number of halogens is 1. The third kappa shape index (κ3) is 5.67. The monoisotopic (exact) mass is 554 g/mol. The van der Waals surface area contributed by atoms with Gasteiger partial charge in [0.1, 0.15) is 0 Å². The van der Waals surface area contributed by atoms with Crippen molar-refractivity contribution in [3.05, 3.63) is 87.7 Å². The lowest BCUT2D eigenvalue weighted by molar-refractivity contribution is -0.118. The number of thiocarbonyl (C=S) groups is 1. The number of hydrogen-bond donors (Lipinski definition) is 1. The second-order valence-electron chi connectivity index (χ2n) is 7.11. The van der Waals surface area contributed by atoms with E-state index in [1.165, 1.54) is 23.8 Å². The predicted molar refractivity (Wildman–Crippen MR) is 143 cm³/mol. The van der Waals surface area contributed by atoms with Crippen LogP contribution in [-0.4, -0.2) is 29.9 Å². The number of carbonyl (C=O) groups is 2. The van der Waals surface area contributed by atoms with E-state index in [2.05, 4.69) is 21.2 Å². The van der Waals surface area contributed by atoms with E-state index in [9.17, 15) is 9.59 Å². The van der Waals surface area contributed by atoms with Gasteiger partial charge in [0.05, 0.1) is 17.7 Å². The Morgan fingerprint density at radius 2 is 1.82 bits per heavy atom. The van der Waals surface area contributed by atoms with Gasteiger partial charge in [0.15, 0.2) is 22.4 Å². The quantitative estimate of drug-likeness (QED) is 0.290. The first-order valence-corrected chi connectivity index (χ1v) is 12.2. The highest BCUT2D eigenvalue weighted by atomic mass is 79.9. The van der Waals surface area contributed by atoms with Crippen molar-refractivity contribution in [3.8, 4) is 11.5 Å². The zero-order valence-corrected chi connectivity index (χ0v) is 21.2. The molecule has 1 fully saturated rings. The molecule has 0 atom stereocenters. The molecule has 3 aromatic carbocycles. The molecule has 2 amide bonds. The van der Waals surface area contributed by atoms with E-state index in [-0.39, 0.29) is 18.4 Å². The number of rotatable bonds is 7. The summed E-state index contributed by atoms with van der Waals surface area (Å²) in [7, 11) is 1.52. The SMILES string of the molecule is COc1cc(/C=C2\SC(=S)N(c3ccccc3)C2=O)ccc1OCC(=O)Nc1ccc(Br)cc1. The summed E-state index contributed by atoms with van der Waals surface area (Å²) >= 11 is 10.0. The maximum atomic E-state index is 12.9. The van der Waals surface area contributed by atoms with Crippen LogP contribution in [0, 0.1) is 0 Å². The van der Waals surface area contributed by atoms with Crippen molar-refractivity contribution in [2.24, 2.45) is 0 Å². The van der Waals surface area contributed by atoms with Crippen LogP contribution in [0.4, 0.5) is 11.4 Å². The van der Waals surface area contributed by atoms with Gasteiger partial charge in [0, 0.05) is 10.2 Å². The average Bonchev–Trinajstić information content (AvgIpc) is 3.12. The van der Waals surface area contributed by atoms with Gasteiger partial charge in [-0.25, -0.2) is 0 Å². The number of amides is 2. The highest BCUT2D eigenvalue weighted by Gasteiger charge is 2.33. The molecule has 9 heteroatoms. The summed E-state index contributed by atoms with van der Waals surface area (Å²) in [5, 5.41) is 2.77. The first kappa shape index (κ1) is 24.0. The maximum Gasteiger partial charge on any atom is 0.270 e. The summed E-state index contributed by atoms with van der Waals surface area (Å²) < 4.78 is 12.5. The Labute approximate surface area is 215 Å². The minimum atomic E-state index is -0.293. The molecule has 3 aromatic rings. The normalized spacial score (nSPS) is 14.4. The Kier molecular flexibility index (Phi) is 7.66. The molecule has 1 N–H and O–H groups in total. The number of nitrogens with zero attached hydrogens (tertiary/aromatic N) is 1. The summed E-state index contributed by atoms with van der Waals surface area (Å²) in [5.74, 6) is 0.398. The largest absolute Gasteiger partial charge is 0.493 e. The number of para-hydroxylation sites is 1. The summed E-state index contributed by atoms with van der Waals surface area (Å²) in [6.45, 7) is -0.179. The van der Waals surface area contributed by atoms with Crippen LogP contribution in [0.3, 0.4) is 0 Å². The molecular weight excluding hydrogens is 536 g/mol. The van der Waals surface area contributed by atoms with E-state index < -0.39 is 0 Å². The molecule has 6 nitrogen and oxygen atoms in total. The highest BCUT2D eigenvalue weighted by Crippen LogP contribution is 2.37. The van der Waals surface area contributed by atoms with Gasteiger partial charge in [0.2, 0.25) is 0 Å². The molecule has 0 aliphatic carbocycles. The Hall–Kier alpha value is -3.14. The molecule has 1 saturated heterocycles. The van der Waals surface area contributed by atoms with Crippen LogP contribution in [0.15, 0.2) is 82.2 Å². The number of nitrogens with one attached hydrogen (secondary N) is 1. The molecule has 0 radical (unpaired) electrons. The highest BCUT2D eigenvalue weighted by molar-refractivity contribution is 9.10. The van der Waals surface area contributed by atoms with Crippen LogP contribution in [0.25, 0.3) is 6.08 Å². The number of methoxy groups -OCH3 is 1. The lowest BCUT2D eigenvalue weighted by Crippen LogP contribution is -2.27. The van der Waals surface area contributed by atoms with Crippen LogP contribution in [0.5, 0.6) is 11.5 Å². The molecular formula is C25H19BrN2O4S2. The van der Waals surface area contributed by atoms with Crippen LogP contribution in [0.2, 0.25) is 0 Å².